The summed E-state index contributed by atoms with van der Waals surface area (Å²) in [4.78, 5) is 0. The molecule has 10 nitrogen and oxygen atoms in total. The van der Waals surface area contributed by atoms with Gasteiger partial charge in [0.25, 0.3) is 0 Å². The zero-order valence-corrected chi connectivity index (χ0v) is 22.8. The summed E-state index contributed by atoms with van der Waals surface area (Å²) in [6.45, 7) is 11.1. The monoisotopic (exact) mass is 477 g/mol. The van der Waals surface area contributed by atoms with Crippen LogP contribution >= 0.6 is 0 Å². The molecule has 4 N–H and O–H groups in total. The van der Waals surface area contributed by atoms with E-state index in [2.05, 4.69) is 0 Å². The normalized spacial score (nSPS) is 38.3. The van der Waals surface area contributed by atoms with E-state index in [-0.39, 0.29) is 96.1 Å². The molecule has 0 radical (unpaired) electrons. The molecule has 4 aliphatic rings. The number of rotatable bonds is 0. The molecule has 0 unspecified atom stereocenters. The van der Waals surface area contributed by atoms with Crippen molar-refractivity contribution in [3.8, 4) is 0 Å². The summed E-state index contributed by atoms with van der Waals surface area (Å²) in [5.74, 6) is 0. The van der Waals surface area contributed by atoms with Gasteiger partial charge in [-0.2, -0.15) is 0 Å². The van der Waals surface area contributed by atoms with Crippen LogP contribution in [0.4, 0.5) is 0 Å². The summed E-state index contributed by atoms with van der Waals surface area (Å²) in [7, 11) is 0. The predicted octanol–water partition coefficient (Wildman–Crippen LogP) is -5.69. The van der Waals surface area contributed by atoms with E-state index in [0.717, 1.165) is 0 Å². The molecule has 11 heteroatoms. The average Bonchev–Trinajstić information content (AvgIpc) is 3.28. The Hall–Kier alpha value is 1.24. The summed E-state index contributed by atoms with van der Waals surface area (Å²) < 4.78 is 20.2. The Labute approximate surface area is 227 Å². The molecule has 180 valence electrons. The van der Waals surface area contributed by atoms with Gasteiger partial charge in [0, 0.05) is 6.61 Å². The molecule has 0 amide bonds. The molecule has 4 heterocycles. The van der Waals surface area contributed by atoms with Crippen molar-refractivity contribution >= 4 is 0 Å². The maximum Gasteiger partial charge on any atom is 1.00 e. The van der Waals surface area contributed by atoms with Crippen LogP contribution in [-0.2, 0) is 18.9 Å². The standard InChI is InChI=1S/C6H10O4.C6H9O4.C4H10O.C4H9O.K/c2*7-3-1-9-6-4(8)2-10-5(3)6;2*1-4(2,3)5;/h3-8H,1-2H2;3-7H,1-2H2;5H,1-3H3;1-3H3;/q;-1;;-1;+1/t2*3-,4-,5+,6+;;;/m00.../s1. The van der Waals surface area contributed by atoms with Gasteiger partial charge in [-0.05, 0) is 20.8 Å². The van der Waals surface area contributed by atoms with Crippen molar-refractivity contribution in [3.63, 3.8) is 0 Å². The van der Waals surface area contributed by atoms with Crippen molar-refractivity contribution in [3.05, 3.63) is 0 Å². The van der Waals surface area contributed by atoms with Gasteiger partial charge in [-0.1, -0.05) is 26.9 Å². The number of aliphatic hydroxyl groups excluding tert-OH is 3. The Morgan fingerprint density at radius 1 is 0.645 bits per heavy atom. The van der Waals surface area contributed by atoms with Gasteiger partial charge >= 0.3 is 51.4 Å². The Bertz CT molecular complexity index is 407. The van der Waals surface area contributed by atoms with Crippen molar-refractivity contribution in [2.75, 3.05) is 26.4 Å². The fourth-order valence-electron chi connectivity index (χ4n) is 2.90. The minimum Gasteiger partial charge on any atom is -0.850 e. The molecule has 0 aliphatic carbocycles. The topological polar surface area (TPSA) is 164 Å². The molecule has 8 atom stereocenters. The second-order valence-electron chi connectivity index (χ2n) is 9.72. The summed E-state index contributed by atoms with van der Waals surface area (Å²) in [5.41, 5.74) is -1.25. The number of fused-ring (bicyclic) bond motifs is 2. The summed E-state index contributed by atoms with van der Waals surface area (Å²) in [6, 6.07) is 0. The molecule has 0 aromatic rings. The predicted molar refractivity (Wildman–Crippen MR) is 102 cm³/mol. The van der Waals surface area contributed by atoms with Gasteiger partial charge in [-0.15, -0.1) is 5.60 Å². The van der Waals surface area contributed by atoms with Crippen LogP contribution in [0.25, 0.3) is 0 Å². The zero-order chi connectivity index (χ0) is 23.3. The first kappa shape index (κ1) is 32.2. The average molecular weight is 478 g/mol. The first-order chi connectivity index (χ1) is 13.6. The third kappa shape index (κ3) is 13.0. The number of hydrogen-bond acceptors (Lipinski definition) is 10. The van der Waals surface area contributed by atoms with E-state index in [1.165, 1.54) is 0 Å². The van der Waals surface area contributed by atoms with E-state index < -0.39 is 41.7 Å². The first-order valence-corrected chi connectivity index (χ1v) is 10.2. The molecule has 0 spiro atoms. The van der Waals surface area contributed by atoms with Crippen LogP contribution in [0, 0.1) is 0 Å². The van der Waals surface area contributed by atoms with E-state index >= 15 is 0 Å². The molecule has 0 bridgehead atoms. The fourth-order valence-corrected chi connectivity index (χ4v) is 2.90. The van der Waals surface area contributed by atoms with Crippen LogP contribution < -0.4 is 61.6 Å². The van der Waals surface area contributed by atoms with Crippen molar-refractivity contribution < 1.29 is 101 Å². The molecule has 0 aromatic heterocycles. The molecule has 4 fully saturated rings. The Morgan fingerprint density at radius 2 is 0.871 bits per heavy atom. The molecular formula is C20H38KO10-. The zero-order valence-electron chi connectivity index (χ0n) is 19.7. The van der Waals surface area contributed by atoms with Crippen molar-refractivity contribution in [1.82, 2.24) is 0 Å². The Kier molecular flexibility index (Phi) is 14.5. The summed E-state index contributed by atoms with van der Waals surface area (Å²) >= 11 is 0. The maximum atomic E-state index is 10.9. The van der Waals surface area contributed by atoms with Crippen LogP contribution in [0.15, 0.2) is 0 Å². The Morgan fingerprint density at radius 3 is 1.16 bits per heavy atom. The number of ether oxygens (including phenoxy) is 4. The Balaban J connectivity index is 0.000000407. The van der Waals surface area contributed by atoms with E-state index in [1.54, 1.807) is 41.5 Å². The number of aliphatic hydroxyl groups is 4. The van der Waals surface area contributed by atoms with Crippen molar-refractivity contribution in [1.29, 1.82) is 0 Å². The molecule has 4 saturated heterocycles. The van der Waals surface area contributed by atoms with Gasteiger partial charge in [0.05, 0.1) is 31.5 Å². The minimum absolute atomic E-state index is 0. The first-order valence-electron chi connectivity index (χ1n) is 10.2. The van der Waals surface area contributed by atoms with Gasteiger partial charge < -0.3 is 49.6 Å². The van der Waals surface area contributed by atoms with E-state index in [0.29, 0.717) is 0 Å². The fraction of sp³-hybridized carbons (Fsp3) is 1.00. The summed E-state index contributed by atoms with van der Waals surface area (Å²) in [5, 5.41) is 57.0. The van der Waals surface area contributed by atoms with Gasteiger partial charge in [0.15, 0.2) is 0 Å². The minimum atomic E-state index is -0.804. The largest absolute Gasteiger partial charge is 1.00 e. The van der Waals surface area contributed by atoms with Crippen LogP contribution in [0.2, 0.25) is 0 Å². The van der Waals surface area contributed by atoms with Crippen LogP contribution in [0.5, 0.6) is 0 Å². The van der Waals surface area contributed by atoms with Gasteiger partial charge in [0.1, 0.15) is 36.6 Å². The third-order valence-corrected chi connectivity index (χ3v) is 3.98. The second kappa shape index (κ2) is 14.0. The van der Waals surface area contributed by atoms with Gasteiger partial charge in [0.2, 0.25) is 0 Å². The maximum absolute atomic E-state index is 10.9. The van der Waals surface area contributed by atoms with Crippen molar-refractivity contribution in [2.24, 2.45) is 0 Å². The van der Waals surface area contributed by atoms with Crippen molar-refractivity contribution in [2.45, 2.75) is 102 Å². The molecule has 0 aromatic carbocycles. The molecule has 31 heavy (non-hydrogen) atoms. The second-order valence-corrected chi connectivity index (χ2v) is 9.72. The van der Waals surface area contributed by atoms with Crippen LogP contribution in [-0.4, -0.2) is 107 Å². The third-order valence-electron chi connectivity index (χ3n) is 3.98. The molecule has 0 saturated carbocycles. The van der Waals surface area contributed by atoms with Gasteiger partial charge in [-0.25, -0.2) is 0 Å². The summed E-state index contributed by atoms with van der Waals surface area (Å²) in [6.07, 6.45) is -3.86. The molecule has 4 rings (SSSR count). The van der Waals surface area contributed by atoms with Crippen LogP contribution in [0.1, 0.15) is 41.5 Å². The van der Waals surface area contributed by atoms with E-state index in [1.807, 2.05) is 0 Å². The van der Waals surface area contributed by atoms with E-state index in [4.69, 9.17) is 39.4 Å². The van der Waals surface area contributed by atoms with Gasteiger partial charge in [-0.3, -0.25) is 0 Å². The number of hydrogen-bond donors (Lipinski definition) is 4. The van der Waals surface area contributed by atoms with Crippen LogP contribution in [0.3, 0.4) is 0 Å². The smallest absolute Gasteiger partial charge is 0.850 e. The van der Waals surface area contributed by atoms with E-state index in [9.17, 15) is 10.2 Å². The SMILES string of the molecule is CC(C)(C)O.CC(C)(C)[O-].O[C@H]1CO[C@H]2[C@@H]1OC[C@@H]2O.[K+].[O-][C@H]1CO[C@H]2[C@@H]1OC[C@@H]2O. The molecular weight excluding hydrogens is 439 g/mol. The molecule has 4 aliphatic heterocycles. The quantitative estimate of drug-likeness (QED) is 0.247.